The van der Waals surface area contributed by atoms with E-state index in [9.17, 15) is 14.2 Å². The Morgan fingerprint density at radius 2 is 0.792 bits per heavy atom. The molecule has 0 heterocycles. The average Bonchev–Trinajstić information content (AvgIpc) is 3.13. The Kier molecular flexibility index (Phi) is 39.5. The summed E-state index contributed by atoms with van der Waals surface area (Å²) in [5.41, 5.74) is 0. The Morgan fingerprint density at radius 1 is 0.472 bits per heavy atom. The monoisotopic (exact) mass is 773 g/mol. The van der Waals surface area contributed by atoms with Gasteiger partial charge in [-0.05, 0) is 38.5 Å². The van der Waals surface area contributed by atoms with Gasteiger partial charge in [-0.1, -0.05) is 199 Å². The first-order valence-corrected chi connectivity index (χ1v) is 24.0. The van der Waals surface area contributed by atoms with Crippen molar-refractivity contribution in [2.45, 2.75) is 245 Å². The van der Waals surface area contributed by atoms with Gasteiger partial charge in [0.2, 0.25) is 0 Å². The summed E-state index contributed by atoms with van der Waals surface area (Å²) >= 11 is 0. The molecule has 0 aliphatic carbocycles. The number of allylic oxidation sites excluding steroid dienone is 2. The van der Waals surface area contributed by atoms with Crippen LogP contribution in [0.3, 0.4) is 0 Å². The maximum atomic E-state index is 12.4. The van der Waals surface area contributed by atoms with Gasteiger partial charge in [0, 0.05) is 12.8 Å². The zero-order chi connectivity index (χ0) is 38.9. The largest absolute Gasteiger partial charge is 0.469 e. The minimum absolute atomic E-state index is 0.206. The van der Waals surface area contributed by atoms with Gasteiger partial charge in [-0.15, -0.1) is 0 Å². The zero-order valence-electron chi connectivity index (χ0n) is 34.7. The second kappa shape index (κ2) is 40.5. The fourth-order valence-electron chi connectivity index (χ4n) is 6.66. The Hall–Kier alpha value is -1.21. The number of hydrogen-bond donors (Lipinski definition) is 2. The van der Waals surface area contributed by atoms with Crippen LogP contribution in [0.1, 0.15) is 239 Å². The topological polar surface area (TPSA) is 119 Å². The summed E-state index contributed by atoms with van der Waals surface area (Å²) in [5, 5.41) is 0. The predicted molar refractivity (Wildman–Crippen MR) is 221 cm³/mol. The van der Waals surface area contributed by atoms with Gasteiger partial charge in [0.05, 0.1) is 6.61 Å². The number of carbonyl (C=O) groups is 2. The van der Waals surface area contributed by atoms with Crippen LogP contribution in [-0.4, -0.2) is 41.0 Å². The Bertz CT molecular complexity index is 873. The number of carbonyl (C=O) groups excluding carboxylic acids is 2. The highest BCUT2D eigenvalue weighted by atomic mass is 31.2. The normalized spacial score (nSPS) is 12.5. The fraction of sp³-hybridized carbons (Fsp3) is 0.909. The summed E-state index contributed by atoms with van der Waals surface area (Å²) in [5.74, 6) is -0.880. The van der Waals surface area contributed by atoms with E-state index in [1.54, 1.807) is 0 Å². The third-order valence-corrected chi connectivity index (χ3v) is 10.5. The van der Waals surface area contributed by atoms with E-state index in [1.165, 1.54) is 154 Å². The smallest absolute Gasteiger partial charge is 0.462 e. The molecule has 0 saturated heterocycles. The van der Waals surface area contributed by atoms with Crippen molar-refractivity contribution >= 4 is 19.8 Å². The van der Waals surface area contributed by atoms with E-state index in [4.69, 9.17) is 19.3 Å². The molecule has 0 saturated carbocycles. The van der Waals surface area contributed by atoms with Crippen LogP contribution in [0, 0.1) is 0 Å². The summed E-state index contributed by atoms with van der Waals surface area (Å²) < 4.78 is 26.4. The third-order valence-electron chi connectivity index (χ3n) is 10.0. The van der Waals surface area contributed by atoms with Gasteiger partial charge in [-0.2, -0.15) is 0 Å². The lowest BCUT2D eigenvalue weighted by Gasteiger charge is -2.18. The summed E-state index contributed by atoms with van der Waals surface area (Å²) in [7, 11) is -4.75. The molecule has 0 aromatic heterocycles. The van der Waals surface area contributed by atoms with Crippen molar-refractivity contribution in [3.63, 3.8) is 0 Å². The summed E-state index contributed by atoms with van der Waals surface area (Å²) in [6.45, 7) is 3.71. The molecule has 0 fully saturated rings. The van der Waals surface area contributed by atoms with Crippen molar-refractivity contribution in [2.75, 3.05) is 13.2 Å². The molecule has 0 aliphatic rings. The Balaban J connectivity index is 3.85. The maximum absolute atomic E-state index is 12.4. The van der Waals surface area contributed by atoms with E-state index in [-0.39, 0.29) is 19.4 Å². The molecule has 0 aliphatic heterocycles. The number of ether oxygens (including phenoxy) is 2. The molecule has 0 unspecified atom stereocenters. The molecule has 2 N–H and O–H groups in total. The molecule has 0 amide bonds. The molecule has 0 aromatic rings. The molecule has 8 nitrogen and oxygen atoms in total. The summed E-state index contributed by atoms with van der Waals surface area (Å²) in [6.07, 6.45) is 45.1. The van der Waals surface area contributed by atoms with E-state index in [1.807, 2.05) is 0 Å². The first-order valence-electron chi connectivity index (χ1n) is 22.5. The van der Waals surface area contributed by atoms with Crippen LogP contribution >= 0.6 is 7.82 Å². The number of phosphoric acid groups is 1. The number of phosphoric ester groups is 1. The Labute approximate surface area is 327 Å². The molecule has 0 aromatic carbocycles. The van der Waals surface area contributed by atoms with Crippen molar-refractivity contribution < 1.29 is 37.9 Å². The second-order valence-electron chi connectivity index (χ2n) is 15.4. The van der Waals surface area contributed by atoms with E-state index >= 15 is 0 Å². The average molecular weight is 773 g/mol. The van der Waals surface area contributed by atoms with Gasteiger partial charge in [-0.25, -0.2) is 4.57 Å². The molecule has 53 heavy (non-hydrogen) atoms. The lowest BCUT2D eigenvalue weighted by Crippen LogP contribution is -2.29. The number of unbranched alkanes of at least 4 members (excludes halogenated alkanes) is 30. The van der Waals surface area contributed by atoms with Crippen LogP contribution in [0.2, 0.25) is 0 Å². The van der Waals surface area contributed by atoms with Gasteiger partial charge in [-0.3, -0.25) is 14.1 Å². The highest BCUT2D eigenvalue weighted by molar-refractivity contribution is 7.46. The second-order valence-corrected chi connectivity index (χ2v) is 16.6. The minimum atomic E-state index is -4.75. The Morgan fingerprint density at radius 3 is 1.15 bits per heavy atom. The highest BCUT2D eigenvalue weighted by Gasteiger charge is 2.23. The van der Waals surface area contributed by atoms with Gasteiger partial charge in [0.15, 0.2) is 6.10 Å². The molecule has 314 valence electrons. The van der Waals surface area contributed by atoms with Gasteiger partial charge in [0.1, 0.15) is 6.61 Å². The number of rotatable bonds is 42. The molecule has 0 radical (unpaired) electrons. The van der Waals surface area contributed by atoms with Gasteiger partial charge >= 0.3 is 19.8 Å². The molecule has 1 atom stereocenters. The first kappa shape index (κ1) is 51.8. The fourth-order valence-corrected chi connectivity index (χ4v) is 7.02. The SMILES string of the molecule is CCCCCCCCC/C=C\CCCCCCCC(=O)O[C@H](COC(=O)CCCCCCCCCCCCCCCCCCCCC)COP(=O)(O)O. The molecule has 0 bridgehead atoms. The predicted octanol–water partition coefficient (Wildman–Crippen LogP) is 13.8. The number of hydrogen-bond acceptors (Lipinski definition) is 6. The standard InChI is InChI=1S/C44H85O8P/c1-3-5-7-9-11-13-15-17-19-21-22-23-25-26-28-30-32-34-36-38-43(45)50-40-42(41-51-53(47,48)49)52-44(46)39-37-35-33-31-29-27-24-20-18-16-14-12-10-8-6-4-2/h20,24,42H,3-19,21-23,25-41H2,1-2H3,(H2,47,48,49)/b24-20-/t42-/m1/s1. The minimum Gasteiger partial charge on any atom is -0.462 e. The molecule has 0 spiro atoms. The molecule has 9 heteroatoms. The first-order chi connectivity index (χ1) is 25.8. The summed E-state index contributed by atoms with van der Waals surface area (Å²) in [4.78, 5) is 42.9. The van der Waals surface area contributed by atoms with Crippen molar-refractivity contribution in [1.29, 1.82) is 0 Å². The van der Waals surface area contributed by atoms with E-state index in [0.29, 0.717) is 6.42 Å². The van der Waals surface area contributed by atoms with Crippen molar-refractivity contribution in [3.8, 4) is 0 Å². The van der Waals surface area contributed by atoms with Crippen molar-refractivity contribution in [2.24, 2.45) is 0 Å². The highest BCUT2D eigenvalue weighted by Crippen LogP contribution is 2.36. The van der Waals surface area contributed by atoms with Crippen molar-refractivity contribution in [3.05, 3.63) is 12.2 Å². The van der Waals surface area contributed by atoms with Crippen LogP contribution in [0.25, 0.3) is 0 Å². The lowest BCUT2D eigenvalue weighted by atomic mass is 10.0. The van der Waals surface area contributed by atoms with Crippen LogP contribution in [0.5, 0.6) is 0 Å². The van der Waals surface area contributed by atoms with Crippen LogP contribution < -0.4 is 0 Å². The quantitative estimate of drug-likeness (QED) is 0.0272. The molecular formula is C44H85O8P. The third kappa shape index (κ3) is 43.4. The molecule has 0 rings (SSSR count). The number of esters is 2. The zero-order valence-corrected chi connectivity index (χ0v) is 35.6. The van der Waals surface area contributed by atoms with Gasteiger partial charge in [0.25, 0.3) is 0 Å². The summed E-state index contributed by atoms with van der Waals surface area (Å²) in [6, 6.07) is 0. The lowest BCUT2D eigenvalue weighted by molar-refractivity contribution is -0.161. The van der Waals surface area contributed by atoms with Gasteiger partial charge < -0.3 is 19.3 Å². The van der Waals surface area contributed by atoms with E-state index in [2.05, 4.69) is 30.5 Å². The van der Waals surface area contributed by atoms with Crippen LogP contribution in [0.4, 0.5) is 0 Å². The van der Waals surface area contributed by atoms with Crippen LogP contribution in [-0.2, 0) is 28.2 Å². The maximum Gasteiger partial charge on any atom is 0.469 e. The molecular weight excluding hydrogens is 687 g/mol. The van der Waals surface area contributed by atoms with Crippen molar-refractivity contribution in [1.82, 2.24) is 0 Å². The van der Waals surface area contributed by atoms with E-state index in [0.717, 1.165) is 51.4 Å². The van der Waals surface area contributed by atoms with Crippen LogP contribution in [0.15, 0.2) is 12.2 Å². The van der Waals surface area contributed by atoms with E-state index < -0.39 is 32.5 Å².